The minimum absolute atomic E-state index is 0.0571. The Bertz CT molecular complexity index is 900. The molecule has 1 aliphatic rings. The van der Waals surface area contributed by atoms with Gasteiger partial charge in [0.1, 0.15) is 25.5 Å². The topological polar surface area (TPSA) is 91.1 Å². The molecule has 8 nitrogen and oxygen atoms in total. The lowest BCUT2D eigenvalue weighted by Gasteiger charge is -2.20. The highest BCUT2D eigenvalue weighted by atomic mass is 35.5. The van der Waals surface area contributed by atoms with Crippen molar-refractivity contribution < 1.29 is 23.9 Å². The smallest absolute Gasteiger partial charge is 0.338 e. The third-order valence-corrected chi connectivity index (χ3v) is 4.20. The molecule has 142 valence electrons. The average molecular weight is 393 g/mol. The van der Waals surface area contributed by atoms with E-state index in [1.165, 1.54) is 18.2 Å². The molecule has 0 spiro atoms. The number of rotatable bonds is 5. The largest absolute Gasteiger partial charge is 0.486 e. The Balaban J connectivity index is 1.75. The van der Waals surface area contributed by atoms with E-state index in [0.29, 0.717) is 41.0 Å². The Morgan fingerprint density at radius 3 is 2.70 bits per heavy atom. The molecule has 0 aromatic heterocycles. The van der Waals surface area contributed by atoms with Crippen LogP contribution in [-0.2, 0) is 11.3 Å². The van der Waals surface area contributed by atoms with E-state index in [0.717, 1.165) is 0 Å². The van der Waals surface area contributed by atoms with Gasteiger partial charge in [-0.15, -0.1) is 0 Å². The molecule has 27 heavy (non-hydrogen) atoms. The Labute approximate surface area is 160 Å². The van der Waals surface area contributed by atoms with E-state index in [1.807, 2.05) is 0 Å². The molecule has 0 unspecified atom stereocenters. The van der Waals surface area contributed by atoms with Crippen LogP contribution < -0.4 is 14.4 Å². The number of anilines is 1. The number of halogens is 1. The number of carbonyl (C=O) groups excluding carboxylic acids is 1. The van der Waals surface area contributed by atoms with Gasteiger partial charge in [-0.2, -0.15) is 0 Å². The molecular weight excluding hydrogens is 376 g/mol. The first kappa shape index (κ1) is 18.8. The van der Waals surface area contributed by atoms with Crippen molar-refractivity contribution in [2.45, 2.75) is 6.61 Å². The van der Waals surface area contributed by atoms with Crippen LogP contribution in [0.25, 0.3) is 0 Å². The summed E-state index contributed by atoms with van der Waals surface area (Å²) in [5, 5.41) is 11.6. The van der Waals surface area contributed by atoms with E-state index in [1.54, 1.807) is 31.1 Å². The van der Waals surface area contributed by atoms with E-state index < -0.39 is 10.9 Å². The van der Waals surface area contributed by atoms with Crippen LogP contribution in [0.3, 0.4) is 0 Å². The fraction of sp³-hybridized carbons (Fsp3) is 0.278. The molecule has 0 bridgehead atoms. The second-order valence-electron chi connectivity index (χ2n) is 6.03. The normalized spacial score (nSPS) is 12.4. The van der Waals surface area contributed by atoms with E-state index >= 15 is 0 Å². The van der Waals surface area contributed by atoms with Gasteiger partial charge in [-0.1, -0.05) is 11.6 Å². The van der Waals surface area contributed by atoms with Crippen LogP contribution in [0.1, 0.15) is 15.9 Å². The number of hydrogen-bond acceptors (Lipinski definition) is 7. The molecule has 0 saturated heterocycles. The summed E-state index contributed by atoms with van der Waals surface area (Å²) in [5.74, 6) is 0.285. The van der Waals surface area contributed by atoms with Gasteiger partial charge in [0.25, 0.3) is 5.69 Å². The molecule has 1 aliphatic heterocycles. The van der Waals surface area contributed by atoms with Gasteiger partial charge in [0.05, 0.1) is 15.5 Å². The molecule has 0 aliphatic carbocycles. The van der Waals surface area contributed by atoms with Crippen molar-refractivity contribution >= 4 is 28.9 Å². The monoisotopic (exact) mass is 392 g/mol. The highest BCUT2D eigenvalue weighted by Gasteiger charge is 2.21. The maximum atomic E-state index is 12.3. The predicted octanol–water partition coefficient (Wildman–Crippen LogP) is 3.44. The summed E-state index contributed by atoms with van der Waals surface area (Å²) in [6.45, 7) is 0.773. The summed E-state index contributed by atoms with van der Waals surface area (Å²) in [4.78, 5) is 24.6. The number of nitro groups is 1. The van der Waals surface area contributed by atoms with Crippen molar-refractivity contribution in [3.63, 3.8) is 0 Å². The summed E-state index contributed by atoms with van der Waals surface area (Å²) in [6, 6.07) is 7.51. The number of nitrogens with zero attached hydrogens (tertiary/aromatic N) is 2. The second kappa shape index (κ2) is 7.71. The molecule has 0 amide bonds. The SMILES string of the molecule is CN(C)c1ccc(C(=O)OCc2cc(Cl)c3c(c2)OCCO3)cc1[N+](=O)[O-]. The standard InChI is InChI=1S/C18H17ClN2O6/c1-20(2)14-4-3-12(9-15(14)21(23)24)18(22)27-10-11-7-13(19)17-16(8-11)25-5-6-26-17/h3-4,7-9H,5-6,10H2,1-2H3. The van der Waals surface area contributed by atoms with Gasteiger partial charge in [-0.05, 0) is 29.8 Å². The number of nitro benzene ring substituents is 1. The van der Waals surface area contributed by atoms with Crippen molar-refractivity contribution in [3.8, 4) is 11.5 Å². The fourth-order valence-electron chi connectivity index (χ4n) is 2.65. The van der Waals surface area contributed by atoms with Crippen LogP contribution in [0, 0.1) is 10.1 Å². The fourth-order valence-corrected chi connectivity index (χ4v) is 2.94. The van der Waals surface area contributed by atoms with Crippen LogP contribution in [0.15, 0.2) is 30.3 Å². The minimum atomic E-state index is -0.672. The predicted molar refractivity (Wildman–Crippen MR) is 99.0 cm³/mol. The molecule has 0 N–H and O–H groups in total. The average Bonchev–Trinajstić information content (AvgIpc) is 2.65. The number of esters is 1. The van der Waals surface area contributed by atoms with Gasteiger partial charge < -0.3 is 19.1 Å². The summed E-state index contributed by atoms with van der Waals surface area (Å²) in [5.41, 5.74) is 0.944. The number of hydrogen-bond donors (Lipinski definition) is 0. The zero-order chi connectivity index (χ0) is 19.6. The highest BCUT2D eigenvalue weighted by molar-refractivity contribution is 6.32. The van der Waals surface area contributed by atoms with E-state index in [-0.39, 0.29) is 17.9 Å². The van der Waals surface area contributed by atoms with Gasteiger partial charge in [-0.3, -0.25) is 10.1 Å². The zero-order valence-corrected chi connectivity index (χ0v) is 15.5. The number of carbonyl (C=O) groups is 1. The van der Waals surface area contributed by atoms with Crippen LogP contribution in [0.5, 0.6) is 11.5 Å². The molecule has 0 fully saturated rings. The summed E-state index contributed by atoms with van der Waals surface area (Å²) in [7, 11) is 3.37. The van der Waals surface area contributed by atoms with Gasteiger partial charge >= 0.3 is 5.97 Å². The highest BCUT2D eigenvalue weighted by Crippen LogP contribution is 2.38. The van der Waals surface area contributed by atoms with Crippen molar-refractivity contribution in [3.05, 3.63) is 56.6 Å². The molecular formula is C18H17ClN2O6. The Morgan fingerprint density at radius 1 is 1.26 bits per heavy atom. The molecule has 9 heteroatoms. The van der Waals surface area contributed by atoms with Crippen LogP contribution in [0.4, 0.5) is 11.4 Å². The molecule has 0 radical (unpaired) electrons. The third kappa shape index (κ3) is 4.06. The maximum Gasteiger partial charge on any atom is 0.338 e. The van der Waals surface area contributed by atoms with E-state index in [4.69, 9.17) is 25.8 Å². The van der Waals surface area contributed by atoms with Crippen molar-refractivity contribution in [1.82, 2.24) is 0 Å². The minimum Gasteiger partial charge on any atom is -0.486 e. The second-order valence-corrected chi connectivity index (χ2v) is 6.44. The number of fused-ring (bicyclic) bond motifs is 1. The lowest BCUT2D eigenvalue weighted by Crippen LogP contribution is -2.16. The van der Waals surface area contributed by atoms with E-state index in [9.17, 15) is 14.9 Å². The van der Waals surface area contributed by atoms with Crippen molar-refractivity contribution in [2.75, 3.05) is 32.2 Å². The van der Waals surface area contributed by atoms with Gasteiger partial charge in [0, 0.05) is 20.2 Å². The van der Waals surface area contributed by atoms with Gasteiger partial charge in [-0.25, -0.2) is 4.79 Å². The summed E-state index contributed by atoms with van der Waals surface area (Å²) >= 11 is 6.16. The maximum absolute atomic E-state index is 12.3. The van der Waals surface area contributed by atoms with Gasteiger partial charge in [0.15, 0.2) is 11.5 Å². The zero-order valence-electron chi connectivity index (χ0n) is 14.7. The molecule has 0 saturated carbocycles. The van der Waals surface area contributed by atoms with Crippen LogP contribution in [-0.4, -0.2) is 38.2 Å². The van der Waals surface area contributed by atoms with Crippen molar-refractivity contribution in [2.24, 2.45) is 0 Å². The lowest BCUT2D eigenvalue weighted by atomic mass is 10.1. The summed E-state index contributed by atoms with van der Waals surface area (Å²) in [6.07, 6.45) is 0. The third-order valence-electron chi connectivity index (χ3n) is 3.92. The van der Waals surface area contributed by atoms with Crippen LogP contribution in [0.2, 0.25) is 5.02 Å². The number of benzene rings is 2. The quantitative estimate of drug-likeness (QED) is 0.437. The molecule has 3 rings (SSSR count). The van der Waals surface area contributed by atoms with Crippen molar-refractivity contribution in [1.29, 1.82) is 0 Å². The van der Waals surface area contributed by atoms with E-state index in [2.05, 4.69) is 0 Å². The summed E-state index contributed by atoms with van der Waals surface area (Å²) < 4.78 is 16.2. The first-order chi connectivity index (χ1) is 12.9. The van der Waals surface area contributed by atoms with Crippen LogP contribution >= 0.6 is 11.6 Å². The molecule has 0 atom stereocenters. The Kier molecular flexibility index (Phi) is 5.36. The molecule has 2 aromatic rings. The van der Waals surface area contributed by atoms with Gasteiger partial charge in [0.2, 0.25) is 0 Å². The first-order valence-electron chi connectivity index (χ1n) is 8.07. The molecule has 1 heterocycles. The lowest BCUT2D eigenvalue weighted by molar-refractivity contribution is -0.384. The Hall–Kier alpha value is -3.00. The molecule has 2 aromatic carbocycles. The first-order valence-corrected chi connectivity index (χ1v) is 8.45. The Morgan fingerprint density at radius 2 is 2.00 bits per heavy atom. The number of ether oxygens (including phenoxy) is 3.